The third kappa shape index (κ3) is 4.98. The molecule has 8 aromatic rings. The van der Waals surface area contributed by atoms with Crippen LogP contribution in [0.3, 0.4) is 0 Å². The first kappa shape index (κ1) is 31.6. The quantitative estimate of drug-likeness (QED) is 0.133. The molecule has 5 heterocycles. The van der Waals surface area contributed by atoms with Gasteiger partial charge in [0.2, 0.25) is 0 Å². The van der Waals surface area contributed by atoms with E-state index in [1.54, 1.807) is 12.1 Å². The van der Waals surface area contributed by atoms with Crippen molar-refractivity contribution in [2.24, 2.45) is 0 Å². The van der Waals surface area contributed by atoms with Crippen molar-refractivity contribution in [1.29, 1.82) is 0 Å². The zero-order valence-corrected chi connectivity index (χ0v) is 29.1. The number of hydrogen-bond acceptors (Lipinski definition) is 7. The molecule has 2 aliphatic rings. The molecule has 51 heavy (non-hydrogen) atoms. The molecule has 0 saturated carbocycles. The Morgan fingerprint density at radius 2 is 0.804 bits per heavy atom. The summed E-state index contributed by atoms with van der Waals surface area (Å²) in [4.78, 5) is 36.8. The van der Waals surface area contributed by atoms with Gasteiger partial charge in [-0.1, -0.05) is 126 Å². The molecule has 2 N–H and O–H groups in total. The number of nitrogens with one attached hydrogen (secondary N) is 2. The normalized spacial score (nSPS) is 11.7. The fourth-order valence-electron chi connectivity index (χ4n) is 6.46. The van der Waals surface area contributed by atoms with E-state index in [4.69, 9.17) is 69.4 Å². The van der Waals surface area contributed by atoms with Crippen molar-refractivity contribution < 1.29 is 21.8 Å². The molecule has 8 bridgehead atoms. The van der Waals surface area contributed by atoms with Crippen molar-refractivity contribution in [3.8, 4) is 57.1 Å². The van der Waals surface area contributed by atoms with Crippen LogP contribution in [-0.4, -0.2) is 39.9 Å². The van der Waals surface area contributed by atoms with Crippen LogP contribution < -0.4 is 4.74 Å². The Bertz CT molecular complexity index is 2910. The molecule has 249 valence electrons. The summed E-state index contributed by atoms with van der Waals surface area (Å²) >= 11 is 21.2. The second-order valence-corrected chi connectivity index (χ2v) is 12.8. The number of H-pyrrole nitrogens is 2. The number of fused-ring (bicyclic) bond motifs is 20. The van der Waals surface area contributed by atoms with Crippen molar-refractivity contribution in [3.05, 3.63) is 118 Å². The summed E-state index contributed by atoms with van der Waals surface area (Å²) in [5, 5.41) is 3.22. The topological polar surface area (TPSA) is 118 Å². The van der Waals surface area contributed by atoms with E-state index >= 15 is 0 Å². The number of aromatic amines is 2. The Hall–Kier alpha value is -5.35. The van der Waals surface area contributed by atoms with Gasteiger partial charge >= 0.3 is 0 Å². The first-order valence-electron chi connectivity index (χ1n) is 15.6. The van der Waals surface area contributed by atoms with E-state index < -0.39 is 0 Å². The third-order valence-electron chi connectivity index (χ3n) is 8.74. The molecule has 0 spiro atoms. The Morgan fingerprint density at radius 1 is 0.412 bits per heavy atom. The van der Waals surface area contributed by atoms with Crippen LogP contribution in [-0.2, 0) is 17.1 Å². The van der Waals surface area contributed by atoms with Gasteiger partial charge in [-0.25, -0.2) is 29.9 Å². The summed E-state index contributed by atoms with van der Waals surface area (Å²) in [6.45, 7) is 0. The molecule has 0 atom stereocenters. The maximum atomic E-state index is 7.18. The van der Waals surface area contributed by atoms with E-state index in [9.17, 15) is 0 Å². The van der Waals surface area contributed by atoms with Crippen LogP contribution in [0.1, 0.15) is 0 Å². The van der Waals surface area contributed by atoms with E-state index in [2.05, 4.69) is 9.97 Å². The van der Waals surface area contributed by atoms with Gasteiger partial charge in [-0.05, 0) is 12.1 Å². The number of nitrogens with zero attached hydrogens (tertiary/aromatic N) is 6. The fraction of sp³-hybridized carbons (Fsp3) is 0. The molecule has 0 amide bonds. The number of para-hydroxylation sites is 1. The van der Waals surface area contributed by atoms with Gasteiger partial charge in [0.1, 0.15) is 33.4 Å². The largest absolute Gasteiger partial charge is 0.454 e. The maximum Gasteiger partial charge on any atom is 0.166 e. The third-order valence-corrected chi connectivity index (χ3v) is 9.94. The molecule has 9 nitrogen and oxygen atoms in total. The minimum atomic E-state index is 0. The summed E-state index contributed by atoms with van der Waals surface area (Å²) in [5.74, 6) is 2.56. The van der Waals surface area contributed by atoms with Crippen LogP contribution >= 0.6 is 34.8 Å². The summed E-state index contributed by atoms with van der Waals surface area (Å²) < 4.78 is 6.21. The van der Waals surface area contributed by atoms with Gasteiger partial charge in [-0.15, -0.1) is 0 Å². The van der Waals surface area contributed by atoms with E-state index in [1.165, 1.54) is 0 Å². The van der Waals surface area contributed by atoms with Gasteiger partial charge in [0.15, 0.2) is 29.0 Å². The molecule has 10 rings (SSSR count). The minimum Gasteiger partial charge on any atom is -0.454 e. The maximum absolute atomic E-state index is 7.18. The van der Waals surface area contributed by atoms with Gasteiger partial charge in [0.05, 0.1) is 20.8 Å². The second kappa shape index (κ2) is 12.2. The van der Waals surface area contributed by atoms with Gasteiger partial charge in [0, 0.05) is 50.1 Å². The molecule has 0 aliphatic carbocycles. The summed E-state index contributed by atoms with van der Waals surface area (Å²) in [7, 11) is 0. The second-order valence-electron chi connectivity index (χ2n) is 11.7. The minimum absolute atomic E-state index is 0. The molecule has 0 fully saturated rings. The molecule has 1 radical (unpaired) electrons. The van der Waals surface area contributed by atoms with E-state index in [0.29, 0.717) is 62.4 Å². The van der Waals surface area contributed by atoms with Crippen LogP contribution in [0.4, 0.5) is 0 Å². The van der Waals surface area contributed by atoms with Gasteiger partial charge in [-0.3, -0.25) is 0 Å². The molecule has 5 aromatic carbocycles. The summed E-state index contributed by atoms with van der Waals surface area (Å²) in [6, 6.07) is 32.7. The number of aromatic nitrogens is 8. The number of ether oxygens (including phenoxy) is 1. The van der Waals surface area contributed by atoms with Crippen molar-refractivity contribution in [3.63, 3.8) is 0 Å². The van der Waals surface area contributed by atoms with Crippen LogP contribution in [0.2, 0.25) is 15.1 Å². The fourth-order valence-corrected chi connectivity index (χ4v) is 7.32. The average Bonchev–Trinajstić information content (AvgIpc) is 3.88. The smallest absolute Gasteiger partial charge is 0.166 e. The van der Waals surface area contributed by atoms with Crippen molar-refractivity contribution in [1.82, 2.24) is 39.9 Å². The monoisotopic (exact) mass is 771 g/mol. The van der Waals surface area contributed by atoms with Crippen molar-refractivity contribution in [2.75, 3.05) is 0 Å². The molecule has 3 aromatic heterocycles. The average molecular weight is 774 g/mol. The standard InChI is InChI=1S/C38H19Cl3N8O.Cu/c39-27-25-26(28(40)30(29(27)41)50-18-10-2-1-3-11-18)38-48-36-24-17-9-7-15-22(24)34(46-36)44-32-20-13-5-4-12-19(20)31(42-32)43-33-21-14-6-8-16-23(21)35(45-33)47-37(25)49-38;/h1-17H,(H2,42,43,44,45,46,47,48,49);. The number of hydrogen-bond donors (Lipinski definition) is 2. The van der Waals surface area contributed by atoms with E-state index in [0.717, 1.165) is 33.0 Å². The number of rotatable bonds is 2. The Kier molecular flexibility index (Phi) is 7.54. The van der Waals surface area contributed by atoms with Gasteiger partial charge in [0.25, 0.3) is 0 Å². The van der Waals surface area contributed by atoms with Crippen molar-refractivity contribution in [2.45, 2.75) is 0 Å². The first-order chi connectivity index (χ1) is 24.5. The molecule has 0 saturated heterocycles. The zero-order chi connectivity index (χ0) is 33.5. The number of benzene rings is 5. The Labute approximate surface area is 314 Å². The Balaban J connectivity index is 0.00000348. The number of halogens is 3. The summed E-state index contributed by atoms with van der Waals surface area (Å²) in [6.07, 6.45) is 0. The molecular weight excluding hydrogens is 754 g/mol. The predicted molar refractivity (Wildman–Crippen MR) is 198 cm³/mol. The van der Waals surface area contributed by atoms with Gasteiger partial charge < -0.3 is 14.7 Å². The molecule has 2 aliphatic heterocycles. The van der Waals surface area contributed by atoms with Gasteiger partial charge in [-0.2, -0.15) is 0 Å². The SMILES string of the molecule is Clc1c(Oc2ccccc2)c(Cl)c2c3nc4nc(nc5[nH]c(nc6nc(nc([nH]3)c2c1Cl)-c1ccccc1-6)c1ccccc51)-c1ccccc1-4.[Cu]. The summed E-state index contributed by atoms with van der Waals surface area (Å²) in [5.41, 5.74) is 5.17. The molecular formula is C38H19Cl3CuN8O. The van der Waals surface area contributed by atoms with Crippen LogP contribution in [0, 0.1) is 0 Å². The van der Waals surface area contributed by atoms with E-state index in [-0.39, 0.29) is 37.9 Å². The molecule has 0 unspecified atom stereocenters. The molecule has 13 heteroatoms. The van der Waals surface area contributed by atoms with Crippen LogP contribution in [0.5, 0.6) is 11.5 Å². The van der Waals surface area contributed by atoms with Crippen LogP contribution in [0.25, 0.3) is 89.7 Å². The van der Waals surface area contributed by atoms with Crippen molar-refractivity contribution >= 4 is 78.9 Å². The Morgan fingerprint density at radius 3 is 1.29 bits per heavy atom. The first-order valence-corrected chi connectivity index (χ1v) is 16.7. The zero-order valence-electron chi connectivity index (χ0n) is 25.8. The van der Waals surface area contributed by atoms with E-state index in [1.807, 2.05) is 91.0 Å². The van der Waals surface area contributed by atoms with Crippen LogP contribution in [0.15, 0.2) is 103 Å². The predicted octanol–water partition coefficient (Wildman–Crippen LogP) is 10.6.